The Bertz CT molecular complexity index is 1500. The van der Waals surface area contributed by atoms with E-state index in [1.54, 1.807) is 0 Å². The smallest absolute Gasteiger partial charge is 0.419 e. The molecule has 0 amide bonds. The molecule has 0 bridgehead atoms. The van der Waals surface area contributed by atoms with Crippen LogP contribution in [0.4, 0.5) is 4.79 Å². The van der Waals surface area contributed by atoms with E-state index in [1.165, 1.54) is 4.57 Å². The lowest BCUT2D eigenvalue weighted by Gasteiger charge is -2.36. The molecule has 2 heterocycles. The number of para-hydroxylation sites is 1. The topological polar surface area (TPSA) is 73.3 Å². The van der Waals surface area contributed by atoms with Gasteiger partial charge in [0, 0.05) is 10.9 Å². The lowest BCUT2D eigenvalue weighted by molar-refractivity contribution is 0.0547. The SMILES string of the molecule is CC(C)(C)OC(=O)n1c(-c2cc3ccccc3[nH]c2=O)cc2ccc(CO[Si](C)(C)C(C)(C)C)cc21. The molecule has 7 heteroatoms. The van der Waals surface area contributed by atoms with Crippen molar-refractivity contribution in [3.05, 3.63) is 70.5 Å². The molecule has 2 aromatic carbocycles. The number of carbonyl (C=O) groups excluding carboxylic acids is 1. The van der Waals surface area contributed by atoms with E-state index >= 15 is 0 Å². The molecular formula is C29H36N2O4Si. The summed E-state index contributed by atoms with van der Waals surface area (Å²) in [4.78, 5) is 29.5. The largest absolute Gasteiger partial charge is 0.443 e. The third-order valence-corrected chi connectivity index (χ3v) is 11.4. The molecule has 6 nitrogen and oxygen atoms in total. The van der Waals surface area contributed by atoms with Crippen molar-refractivity contribution in [2.75, 3.05) is 0 Å². The molecule has 0 atom stereocenters. The highest BCUT2D eigenvalue weighted by Crippen LogP contribution is 2.37. The van der Waals surface area contributed by atoms with Crippen molar-refractivity contribution in [2.45, 2.75) is 71.9 Å². The zero-order chi connectivity index (χ0) is 26.5. The number of carbonyl (C=O) groups is 1. The molecular weight excluding hydrogens is 468 g/mol. The van der Waals surface area contributed by atoms with Gasteiger partial charge in [0.15, 0.2) is 8.32 Å². The van der Waals surface area contributed by atoms with E-state index in [1.807, 2.05) is 75.4 Å². The average molecular weight is 505 g/mol. The van der Waals surface area contributed by atoms with Gasteiger partial charge >= 0.3 is 6.09 Å². The summed E-state index contributed by atoms with van der Waals surface area (Å²) in [5.41, 5.74) is 2.35. The maximum absolute atomic E-state index is 13.5. The molecule has 4 aromatic rings. The highest BCUT2D eigenvalue weighted by molar-refractivity contribution is 6.74. The van der Waals surface area contributed by atoms with Crippen LogP contribution in [0.2, 0.25) is 18.1 Å². The van der Waals surface area contributed by atoms with Gasteiger partial charge < -0.3 is 14.1 Å². The van der Waals surface area contributed by atoms with Crippen molar-refractivity contribution in [3.63, 3.8) is 0 Å². The second-order valence-corrected chi connectivity index (χ2v) is 16.7. The number of nitrogens with one attached hydrogen (secondary N) is 1. The molecule has 0 aliphatic carbocycles. The second kappa shape index (κ2) is 9.05. The van der Waals surface area contributed by atoms with Gasteiger partial charge in [-0.2, -0.15) is 0 Å². The molecule has 0 unspecified atom stereocenters. The molecule has 0 aliphatic rings. The Balaban J connectivity index is 1.86. The minimum atomic E-state index is -1.95. The summed E-state index contributed by atoms with van der Waals surface area (Å²) in [5, 5.41) is 1.83. The fraction of sp³-hybridized carbons (Fsp3) is 0.379. The van der Waals surface area contributed by atoms with Crippen molar-refractivity contribution < 1.29 is 14.0 Å². The van der Waals surface area contributed by atoms with Gasteiger partial charge in [0.1, 0.15) is 5.60 Å². The van der Waals surface area contributed by atoms with E-state index < -0.39 is 20.0 Å². The number of fused-ring (bicyclic) bond motifs is 2. The summed E-state index contributed by atoms with van der Waals surface area (Å²) in [6, 6.07) is 17.2. The third kappa shape index (κ3) is 5.17. The Morgan fingerprint density at radius 3 is 2.31 bits per heavy atom. The Morgan fingerprint density at radius 1 is 0.944 bits per heavy atom. The van der Waals surface area contributed by atoms with Crippen LogP contribution in [0.15, 0.2) is 59.4 Å². The van der Waals surface area contributed by atoms with Crippen LogP contribution in [0.25, 0.3) is 33.1 Å². The standard InChI is InChI=1S/C29H36N2O4Si/c1-28(2,3)35-27(33)31-24-15-19(18-34-36(7,8)29(4,5)6)13-14-21(24)17-25(31)22-16-20-11-9-10-12-23(20)30-26(22)32/h9-17H,18H2,1-8H3,(H,30,32). The summed E-state index contributed by atoms with van der Waals surface area (Å²) >= 11 is 0. The number of aromatic amines is 1. The van der Waals surface area contributed by atoms with Gasteiger partial charge in [-0.3, -0.25) is 4.79 Å². The van der Waals surface area contributed by atoms with Gasteiger partial charge in [-0.15, -0.1) is 0 Å². The minimum absolute atomic E-state index is 0.0953. The van der Waals surface area contributed by atoms with Gasteiger partial charge in [0.2, 0.25) is 0 Å². The number of nitrogens with zero attached hydrogens (tertiary/aromatic N) is 1. The number of H-pyrrole nitrogens is 1. The summed E-state index contributed by atoms with van der Waals surface area (Å²) in [7, 11) is -1.95. The number of pyridine rings is 1. The van der Waals surface area contributed by atoms with Crippen molar-refractivity contribution in [1.29, 1.82) is 0 Å². The predicted octanol–water partition coefficient (Wildman–Crippen LogP) is 7.45. The maximum Gasteiger partial charge on any atom is 0.419 e. The quantitative estimate of drug-likeness (QED) is 0.293. The van der Waals surface area contributed by atoms with Crippen molar-refractivity contribution in [2.24, 2.45) is 0 Å². The number of hydrogen-bond acceptors (Lipinski definition) is 4. The van der Waals surface area contributed by atoms with Gasteiger partial charge in [-0.25, -0.2) is 9.36 Å². The monoisotopic (exact) mass is 504 g/mol. The summed E-state index contributed by atoms with van der Waals surface area (Å²) in [5.74, 6) is 0. The number of hydrogen-bond donors (Lipinski definition) is 1. The molecule has 0 saturated heterocycles. The van der Waals surface area contributed by atoms with Gasteiger partial charge in [0.25, 0.3) is 5.56 Å². The van der Waals surface area contributed by atoms with Gasteiger partial charge in [-0.1, -0.05) is 51.1 Å². The van der Waals surface area contributed by atoms with Crippen LogP contribution in [0.3, 0.4) is 0 Å². The zero-order valence-corrected chi connectivity index (χ0v) is 23.5. The predicted molar refractivity (Wildman–Crippen MR) is 149 cm³/mol. The van der Waals surface area contributed by atoms with Crippen LogP contribution in [0.1, 0.15) is 47.1 Å². The molecule has 2 aromatic heterocycles. The lowest BCUT2D eigenvalue weighted by Crippen LogP contribution is -2.40. The summed E-state index contributed by atoms with van der Waals surface area (Å²) < 4.78 is 13.7. The van der Waals surface area contributed by atoms with Crippen molar-refractivity contribution in [3.8, 4) is 11.3 Å². The number of aromatic nitrogens is 2. The maximum atomic E-state index is 13.5. The normalized spacial score (nSPS) is 12.9. The van der Waals surface area contributed by atoms with E-state index in [-0.39, 0.29) is 10.6 Å². The van der Waals surface area contributed by atoms with E-state index in [2.05, 4.69) is 38.8 Å². The Hall–Kier alpha value is -3.16. The second-order valence-electron chi connectivity index (χ2n) is 11.9. The highest BCUT2D eigenvalue weighted by Gasteiger charge is 2.37. The molecule has 0 radical (unpaired) electrons. The van der Waals surface area contributed by atoms with E-state index in [0.29, 0.717) is 23.4 Å². The van der Waals surface area contributed by atoms with Crippen LogP contribution in [-0.4, -0.2) is 29.6 Å². The lowest BCUT2D eigenvalue weighted by atomic mass is 10.1. The highest BCUT2D eigenvalue weighted by atomic mass is 28.4. The first-order chi connectivity index (χ1) is 16.7. The molecule has 0 spiro atoms. The van der Waals surface area contributed by atoms with Crippen LogP contribution in [-0.2, 0) is 15.8 Å². The molecule has 1 N–H and O–H groups in total. The van der Waals surface area contributed by atoms with Crippen LogP contribution < -0.4 is 5.56 Å². The molecule has 4 rings (SSSR count). The van der Waals surface area contributed by atoms with E-state index in [0.717, 1.165) is 21.9 Å². The first-order valence-corrected chi connectivity index (χ1v) is 15.2. The van der Waals surface area contributed by atoms with Crippen LogP contribution in [0, 0.1) is 0 Å². The number of ether oxygens (including phenoxy) is 1. The summed E-state index contributed by atoms with van der Waals surface area (Å²) in [6.45, 7) is 17.0. The van der Waals surface area contributed by atoms with E-state index in [4.69, 9.17) is 9.16 Å². The minimum Gasteiger partial charge on any atom is -0.443 e. The molecule has 0 saturated carbocycles. The van der Waals surface area contributed by atoms with Crippen molar-refractivity contribution in [1.82, 2.24) is 9.55 Å². The van der Waals surface area contributed by atoms with Crippen LogP contribution in [0.5, 0.6) is 0 Å². The Morgan fingerprint density at radius 2 is 1.64 bits per heavy atom. The Labute approximate surface area is 213 Å². The zero-order valence-electron chi connectivity index (χ0n) is 22.5. The van der Waals surface area contributed by atoms with E-state index in [9.17, 15) is 9.59 Å². The average Bonchev–Trinajstić information content (AvgIpc) is 3.14. The fourth-order valence-corrected chi connectivity index (χ4v) is 4.82. The third-order valence-electron chi connectivity index (χ3n) is 6.88. The number of rotatable bonds is 4. The fourth-order valence-electron chi connectivity index (χ4n) is 3.86. The molecule has 190 valence electrons. The van der Waals surface area contributed by atoms with Crippen LogP contribution >= 0.6 is 0 Å². The van der Waals surface area contributed by atoms with Crippen molar-refractivity contribution >= 4 is 36.2 Å². The van der Waals surface area contributed by atoms with Gasteiger partial charge in [-0.05, 0) is 74.1 Å². The summed E-state index contributed by atoms with van der Waals surface area (Å²) in [6.07, 6.45) is -0.525. The molecule has 36 heavy (non-hydrogen) atoms. The molecule has 0 aliphatic heterocycles. The first kappa shape index (κ1) is 25.9. The number of benzene rings is 2. The first-order valence-electron chi connectivity index (χ1n) is 12.3. The Kier molecular flexibility index (Phi) is 6.52. The molecule has 0 fully saturated rings. The van der Waals surface area contributed by atoms with Gasteiger partial charge in [0.05, 0.1) is 23.4 Å².